The SMILES string of the molecule is C1=C(c2cc3ccccc3c3ccccc23)C(c2cc3ccccc3c3ccccc23)=C[Si]12c1ccccc1B(c1ccccc1)c1ccccc12. The Balaban J connectivity index is 1.29. The van der Waals surface area contributed by atoms with Gasteiger partial charge in [0.2, 0.25) is 6.71 Å². The highest BCUT2D eigenvalue weighted by Gasteiger charge is 2.48. The minimum absolute atomic E-state index is 0.184. The first-order valence-corrected chi connectivity index (χ1v) is 20.5. The van der Waals surface area contributed by atoms with E-state index in [-0.39, 0.29) is 6.71 Å². The topological polar surface area (TPSA) is 0 Å². The number of fused-ring (bicyclic) bond motifs is 10. The molecular formula is C50H33BSi. The number of hydrogen-bond acceptors (Lipinski definition) is 0. The lowest BCUT2D eigenvalue weighted by atomic mass is 9.36. The highest BCUT2D eigenvalue weighted by molar-refractivity contribution is 7.20. The fraction of sp³-hybridized carbons (Fsp3) is 0. The molecule has 0 amide bonds. The van der Waals surface area contributed by atoms with Gasteiger partial charge in [-0.15, -0.1) is 0 Å². The lowest BCUT2D eigenvalue weighted by Gasteiger charge is -2.37. The minimum atomic E-state index is -2.66. The molecule has 0 bridgehead atoms. The van der Waals surface area contributed by atoms with E-state index in [1.165, 1.54) is 92.1 Å². The van der Waals surface area contributed by atoms with Crippen molar-refractivity contribution in [2.24, 2.45) is 0 Å². The van der Waals surface area contributed by atoms with Crippen LogP contribution in [0.4, 0.5) is 0 Å². The van der Waals surface area contributed by atoms with Crippen molar-refractivity contribution < 1.29 is 0 Å². The van der Waals surface area contributed by atoms with E-state index in [1.807, 2.05) is 0 Å². The molecule has 0 aromatic heterocycles. The van der Waals surface area contributed by atoms with E-state index >= 15 is 0 Å². The average molecular weight is 673 g/mol. The van der Waals surface area contributed by atoms with Crippen LogP contribution in [0.25, 0.3) is 54.2 Å². The van der Waals surface area contributed by atoms with Gasteiger partial charge in [-0.25, -0.2) is 0 Å². The first kappa shape index (κ1) is 29.5. The predicted octanol–water partition coefficient (Wildman–Crippen LogP) is 8.95. The van der Waals surface area contributed by atoms with Crippen LogP contribution in [0.2, 0.25) is 0 Å². The van der Waals surface area contributed by atoms with Crippen LogP contribution in [0.3, 0.4) is 0 Å². The van der Waals surface area contributed by atoms with Crippen LogP contribution in [-0.2, 0) is 0 Å². The Morgan fingerprint density at radius 3 is 1.21 bits per heavy atom. The van der Waals surface area contributed by atoms with Gasteiger partial charge in [-0.1, -0.05) is 214 Å². The second kappa shape index (κ2) is 11.4. The first-order chi connectivity index (χ1) is 25.8. The van der Waals surface area contributed by atoms with Crippen LogP contribution in [-0.4, -0.2) is 14.8 Å². The molecular weight excluding hydrogens is 639 g/mol. The van der Waals surface area contributed by atoms with Crippen LogP contribution < -0.4 is 26.8 Å². The average Bonchev–Trinajstić information content (AvgIpc) is 3.62. The van der Waals surface area contributed by atoms with Crippen LogP contribution in [0.15, 0.2) is 199 Å². The minimum Gasteiger partial charge on any atom is -0.0737 e. The van der Waals surface area contributed by atoms with E-state index in [1.54, 1.807) is 0 Å². The molecule has 11 rings (SSSR count). The maximum Gasteiger partial charge on any atom is 0.240 e. The quantitative estimate of drug-likeness (QED) is 0.130. The summed E-state index contributed by atoms with van der Waals surface area (Å²) in [6.07, 6.45) is 0. The van der Waals surface area contributed by atoms with Crippen molar-refractivity contribution >= 4 is 95.8 Å². The molecule has 52 heavy (non-hydrogen) atoms. The molecule has 0 fully saturated rings. The van der Waals surface area contributed by atoms with E-state index in [0.29, 0.717) is 0 Å². The van der Waals surface area contributed by atoms with Crippen molar-refractivity contribution in [3.8, 4) is 0 Å². The molecule has 0 saturated carbocycles. The summed E-state index contributed by atoms with van der Waals surface area (Å²) in [7, 11) is -2.66. The normalized spacial score (nSPS) is 14.5. The molecule has 2 heteroatoms. The maximum absolute atomic E-state index is 2.75. The summed E-state index contributed by atoms with van der Waals surface area (Å²) in [6.45, 7) is 0.184. The van der Waals surface area contributed by atoms with E-state index in [4.69, 9.17) is 0 Å². The third kappa shape index (κ3) is 4.22. The van der Waals surface area contributed by atoms with E-state index in [9.17, 15) is 0 Å². The van der Waals surface area contributed by atoms with Gasteiger partial charge in [0.25, 0.3) is 0 Å². The van der Waals surface area contributed by atoms with Crippen molar-refractivity contribution in [3.63, 3.8) is 0 Å². The van der Waals surface area contributed by atoms with Crippen molar-refractivity contribution in [1.82, 2.24) is 0 Å². The Hall–Kier alpha value is -6.22. The van der Waals surface area contributed by atoms with Gasteiger partial charge in [0, 0.05) is 0 Å². The molecule has 240 valence electrons. The Morgan fingerprint density at radius 2 is 0.712 bits per heavy atom. The molecule has 9 aromatic carbocycles. The molecule has 9 aromatic rings. The predicted molar refractivity (Wildman–Crippen MR) is 228 cm³/mol. The van der Waals surface area contributed by atoms with Crippen LogP contribution >= 0.6 is 0 Å². The van der Waals surface area contributed by atoms with Gasteiger partial charge in [0.05, 0.1) is 0 Å². The molecule has 0 radical (unpaired) electrons. The molecule has 0 saturated heterocycles. The maximum atomic E-state index is 2.75. The Bertz CT molecular complexity index is 2790. The molecule has 0 N–H and O–H groups in total. The fourth-order valence-corrected chi connectivity index (χ4v) is 14.2. The van der Waals surface area contributed by atoms with Crippen LogP contribution in [0, 0.1) is 0 Å². The van der Waals surface area contributed by atoms with Crippen LogP contribution in [0.5, 0.6) is 0 Å². The van der Waals surface area contributed by atoms with E-state index in [2.05, 4.69) is 199 Å². The smallest absolute Gasteiger partial charge is 0.0737 e. The van der Waals surface area contributed by atoms with Crippen molar-refractivity contribution in [3.05, 3.63) is 211 Å². The van der Waals surface area contributed by atoms with Crippen molar-refractivity contribution in [1.29, 1.82) is 0 Å². The fourth-order valence-electron chi connectivity index (χ4n) is 9.53. The van der Waals surface area contributed by atoms with Gasteiger partial charge in [-0.3, -0.25) is 0 Å². The standard InChI is InChI=1S/C50H33BSi/c1-2-18-36(19-3-1)51-47-26-12-14-28-49(47)52(50-29-15-13-27-48(50)51)32-45(43-30-34-16-4-6-20-37(34)39-22-8-10-24-41(39)43)46(33-52)44-31-35-17-5-7-21-38(35)40-23-9-11-25-42(40)44/h1-33H. The number of hydrogen-bond donors (Lipinski definition) is 0. The summed E-state index contributed by atoms with van der Waals surface area (Å²) >= 11 is 0. The summed E-state index contributed by atoms with van der Waals surface area (Å²) < 4.78 is 0. The molecule has 1 spiro atoms. The Morgan fingerprint density at radius 1 is 0.327 bits per heavy atom. The molecule has 2 aliphatic rings. The molecule has 0 atom stereocenters. The van der Waals surface area contributed by atoms with Gasteiger partial charge >= 0.3 is 0 Å². The zero-order chi connectivity index (χ0) is 34.2. The second-order valence-corrected chi connectivity index (χ2v) is 17.8. The van der Waals surface area contributed by atoms with Gasteiger partial charge < -0.3 is 0 Å². The summed E-state index contributed by atoms with van der Waals surface area (Å²) in [4.78, 5) is 0. The summed E-state index contributed by atoms with van der Waals surface area (Å²) in [5.74, 6) is 0. The van der Waals surface area contributed by atoms with Crippen LogP contribution in [0.1, 0.15) is 11.1 Å². The molecule has 0 aliphatic carbocycles. The van der Waals surface area contributed by atoms with Gasteiger partial charge in [-0.05, 0) is 77.5 Å². The summed E-state index contributed by atoms with van der Waals surface area (Å²) in [6, 6.07) is 70.5. The van der Waals surface area contributed by atoms with Crippen molar-refractivity contribution in [2.45, 2.75) is 0 Å². The Labute approximate surface area is 305 Å². The molecule has 0 nitrogen and oxygen atoms in total. The highest BCUT2D eigenvalue weighted by Crippen LogP contribution is 2.46. The monoisotopic (exact) mass is 672 g/mol. The third-order valence-electron chi connectivity index (χ3n) is 11.7. The number of benzene rings is 9. The van der Waals surface area contributed by atoms with Gasteiger partial charge in [0.1, 0.15) is 0 Å². The Kier molecular flexibility index (Phi) is 6.47. The van der Waals surface area contributed by atoms with Crippen molar-refractivity contribution in [2.75, 3.05) is 0 Å². The largest absolute Gasteiger partial charge is 0.240 e. The van der Waals surface area contributed by atoms with E-state index in [0.717, 1.165) is 0 Å². The molecule has 2 aliphatic heterocycles. The zero-order valence-electron chi connectivity index (χ0n) is 28.6. The highest BCUT2D eigenvalue weighted by atomic mass is 28.3. The molecule has 2 heterocycles. The van der Waals surface area contributed by atoms with Gasteiger partial charge in [0.15, 0.2) is 8.07 Å². The zero-order valence-corrected chi connectivity index (χ0v) is 29.6. The first-order valence-electron chi connectivity index (χ1n) is 18.3. The number of rotatable bonds is 3. The molecule has 0 unspecified atom stereocenters. The van der Waals surface area contributed by atoms with E-state index < -0.39 is 8.07 Å². The lowest BCUT2D eigenvalue weighted by Crippen LogP contribution is -2.77. The summed E-state index contributed by atoms with van der Waals surface area (Å²) in [5, 5.41) is 13.3. The third-order valence-corrected chi connectivity index (χ3v) is 15.9. The lowest BCUT2D eigenvalue weighted by molar-refractivity contribution is 1.68. The van der Waals surface area contributed by atoms with Gasteiger partial charge in [-0.2, -0.15) is 0 Å². The number of allylic oxidation sites excluding steroid dienone is 2. The summed E-state index contributed by atoms with van der Waals surface area (Å²) in [5.41, 5.74) is 15.0. The second-order valence-electron chi connectivity index (χ2n) is 14.4.